The maximum absolute atomic E-state index is 13.5. The molecule has 2 heterocycles. The molecule has 1 unspecified atom stereocenters. The van der Waals surface area contributed by atoms with Crippen molar-refractivity contribution >= 4 is 27.3 Å². The highest BCUT2D eigenvalue weighted by molar-refractivity contribution is 7.91. The standard InChI is InChI=1S/C25H25ClN2O4S/c26-21-9-5-17(6-10-21)15-28(22-11-12-33(30,31)16-22)25(29)23-14-24(32-27-23)20-8-7-18-3-1-2-4-19(18)13-20/h5-10,13-14,22H,1-4,11-12,15-16H2. The molecular weight excluding hydrogens is 460 g/mol. The number of carbonyl (C=O) groups excluding carboxylic acids is 1. The van der Waals surface area contributed by atoms with Gasteiger partial charge < -0.3 is 9.42 Å². The van der Waals surface area contributed by atoms with Gasteiger partial charge in [0.25, 0.3) is 5.91 Å². The molecule has 1 aromatic heterocycles. The average molecular weight is 485 g/mol. The van der Waals surface area contributed by atoms with Crippen molar-refractivity contribution in [3.63, 3.8) is 0 Å². The largest absolute Gasteiger partial charge is 0.355 e. The molecule has 2 aliphatic rings. The molecule has 0 radical (unpaired) electrons. The van der Waals surface area contributed by atoms with Gasteiger partial charge in [0.2, 0.25) is 0 Å². The summed E-state index contributed by atoms with van der Waals surface area (Å²) in [5, 5.41) is 4.66. The van der Waals surface area contributed by atoms with E-state index in [4.69, 9.17) is 16.1 Å². The molecule has 6 nitrogen and oxygen atoms in total. The Kier molecular flexibility index (Phi) is 6.01. The summed E-state index contributed by atoms with van der Waals surface area (Å²) in [6.45, 7) is 0.275. The average Bonchev–Trinajstić information content (AvgIpc) is 3.44. The van der Waals surface area contributed by atoms with E-state index in [0.29, 0.717) is 17.2 Å². The molecular formula is C25H25ClN2O4S. The van der Waals surface area contributed by atoms with E-state index < -0.39 is 15.9 Å². The fraction of sp³-hybridized carbons (Fsp3) is 0.360. The first-order valence-corrected chi connectivity index (χ1v) is 13.4. The van der Waals surface area contributed by atoms with Crippen LogP contribution in [0.2, 0.25) is 5.02 Å². The van der Waals surface area contributed by atoms with Crippen molar-refractivity contribution in [2.75, 3.05) is 11.5 Å². The minimum Gasteiger partial charge on any atom is -0.355 e. The van der Waals surface area contributed by atoms with Crippen LogP contribution in [0.3, 0.4) is 0 Å². The van der Waals surface area contributed by atoms with Gasteiger partial charge in [0.05, 0.1) is 11.5 Å². The molecule has 0 saturated carbocycles. The summed E-state index contributed by atoms with van der Waals surface area (Å²) in [7, 11) is -3.16. The van der Waals surface area contributed by atoms with E-state index in [1.807, 2.05) is 18.2 Å². The first-order valence-electron chi connectivity index (χ1n) is 11.2. The predicted molar refractivity (Wildman–Crippen MR) is 127 cm³/mol. The maximum atomic E-state index is 13.5. The molecule has 1 aliphatic carbocycles. The summed E-state index contributed by atoms with van der Waals surface area (Å²) in [6.07, 6.45) is 4.96. The van der Waals surface area contributed by atoms with E-state index >= 15 is 0 Å². The molecule has 8 heteroatoms. The molecule has 0 spiro atoms. The Morgan fingerprint density at radius 1 is 1.06 bits per heavy atom. The summed E-state index contributed by atoms with van der Waals surface area (Å²) < 4.78 is 29.8. The van der Waals surface area contributed by atoms with Crippen LogP contribution in [-0.4, -0.2) is 41.9 Å². The fourth-order valence-electron chi connectivity index (χ4n) is 4.72. The lowest BCUT2D eigenvalue weighted by atomic mass is 9.90. The van der Waals surface area contributed by atoms with Gasteiger partial charge >= 0.3 is 0 Å². The van der Waals surface area contributed by atoms with Crippen LogP contribution in [0.1, 0.15) is 46.4 Å². The van der Waals surface area contributed by atoms with E-state index in [1.165, 1.54) is 24.0 Å². The van der Waals surface area contributed by atoms with Crippen molar-refractivity contribution in [1.82, 2.24) is 10.1 Å². The Bertz CT molecular complexity index is 1280. The molecule has 5 rings (SSSR count). The highest BCUT2D eigenvalue weighted by Gasteiger charge is 2.36. The Balaban J connectivity index is 1.42. The number of aromatic nitrogens is 1. The zero-order valence-corrected chi connectivity index (χ0v) is 19.7. The SMILES string of the molecule is O=C(c1cc(-c2ccc3c(c2)CCCC3)on1)N(Cc1ccc(Cl)cc1)C1CCS(=O)(=O)C1. The number of sulfone groups is 1. The number of nitrogens with zero attached hydrogens (tertiary/aromatic N) is 2. The molecule has 2 aromatic carbocycles. The maximum Gasteiger partial charge on any atom is 0.276 e. The van der Waals surface area contributed by atoms with E-state index in [1.54, 1.807) is 23.1 Å². The summed E-state index contributed by atoms with van der Waals surface area (Å²) >= 11 is 5.99. The first kappa shape index (κ1) is 22.2. The quantitative estimate of drug-likeness (QED) is 0.524. The van der Waals surface area contributed by atoms with Crippen LogP contribution in [0.15, 0.2) is 53.1 Å². The lowest BCUT2D eigenvalue weighted by Gasteiger charge is -2.27. The zero-order valence-electron chi connectivity index (χ0n) is 18.2. The molecule has 1 fully saturated rings. The normalized spacial score (nSPS) is 19.2. The van der Waals surface area contributed by atoms with Gasteiger partial charge in [-0.3, -0.25) is 4.79 Å². The minimum atomic E-state index is -3.16. The Morgan fingerprint density at radius 2 is 1.82 bits per heavy atom. The number of amides is 1. The summed E-state index contributed by atoms with van der Waals surface area (Å²) in [6, 6.07) is 14.7. The predicted octanol–water partition coefficient (Wildman–Crippen LogP) is 4.70. The molecule has 1 saturated heterocycles. The Labute approximate surface area is 198 Å². The molecule has 1 aliphatic heterocycles. The third-order valence-corrected chi connectivity index (χ3v) is 8.54. The molecule has 1 atom stereocenters. The summed E-state index contributed by atoms with van der Waals surface area (Å²) in [5.41, 5.74) is 4.65. The van der Waals surface area contributed by atoms with Gasteiger partial charge in [0.1, 0.15) is 0 Å². The van der Waals surface area contributed by atoms with Crippen molar-refractivity contribution in [3.8, 4) is 11.3 Å². The molecule has 0 bridgehead atoms. The second kappa shape index (κ2) is 8.95. The van der Waals surface area contributed by atoms with Crippen LogP contribution in [-0.2, 0) is 29.2 Å². The van der Waals surface area contributed by atoms with Gasteiger partial charge in [-0.2, -0.15) is 0 Å². The third kappa shape index (κ3) is 4.84. The fourth-order valence-corrected chi connectivity index (χ4v) is 6.58. The van der Waals surface area contributed by atoms with E-state index in [9.17, 15) is 13.2 Å². The lowest BCUT2D eigenvalue weighted by molar-refractivity contribution is 0.0670. The topological polar surface area (TPSA) is 80.5 Å². The van der Waals surface area contributed by atoms with E-state index in [-0.39, 0.29) is 29.7 Å². The van der Waals surface area contributed by atoms with Gasteiger partial charge in [-0.05, 0) is 67.0 Å². The smallest absolute Gasteiger partial charge is 0.276 e. The van der Waals surface area contributed by atoms with Crippen molar-refractivity contribution < 1.29 is 17.7 Å². The van der Waals surface area contributed by atoms with Crippen LogP contribution in [0, 0.1) is 0 Å². The summed E-state index contributed by atoms with van der Waals surface area (Å²) in [5.74, 6) is 0.251. The molecule has 1 amide bonds. The van der Waals surface area contributed by atoms with E-state index in [2.05, 4.69) is 17.3 Å². The number of rotatable bonds is 5. The van der Waals surface area contributed by atoms with Crippen molar-refractivity contribution in [3.05, 3.63) is 75.9 Å². The molecule has 3 aromatic rings. The van der Waals surface area contributed by atoms with Crippen molar-refractivity contribution in [2.24, 2.45) is 0 Å². The van der Waals surface area contributed by atoms with E-state index in [0.717, 1.165) is 24.0 Å². The van der Waals surface area contributed by atoms with Gasteiger partial charge in [0, 0.05) is 29.2 Å². The van der Waals surface area contributed by atoms with Gasteiger partial charge in [-0.25, -0.2) is 8.42 Å². The van der Waals surface area contributed by atoms with Crippen LogP contribution in [0.25, 0.3) is 11.3 Å². The number of aryl methyl sites for hydroxylation is 2. The monoisotopic (exact) mass is 484 g/mol. The third-order valence-electron chi connectivity index (χ3n) is 6.54. The molecule has 0 N–H and O–H groups in total. The molecule has 33 heavy (non-hydrogen) atoms. The second-order valence-corrected chi connectivity index (χ2v) is 11.5. The number of halogens is 1. The van der Waals surface area contributed by atoms with Crippen LogP contribution in [0.4, 0.5) is 0 Å². The minimum absolute atomic E-state index is 0.0398. The Morgan fingerprint density at radius 3 is 2.55 bits per heavy atom. The highest BCUT2D eigenvalue weighted by Crippen LogP contribution is 2.29. The lowest BCUT2D eigenvalue weighted by Crippen LogP contribution is -2.40. The van der Waals surface area contributed by atoms with Crippen molar-refractivity contribution in [1.29, 1.82) is 0 Å². The molecule has 172 valence electrons. The number of fused-ring (bicyclic) bond motifs is 1. The van der Waals surface area contributed by atoms with Gasteiger partial charge in [0.15, 0.2) is 21.3 Å². The Hall–Kier alpha value is -2.64. The first-order chi connectivity index (χ1) is 15.9. The number of carbonyl (C=O) groups is 1. The number of hydrogen-bond donors (Lipinski definition) is 0. The van der Waals surface area contributed by atoms with Crippen molar-refractivity contribution in [2.45, 2.75) is 44.7 Å². The number of hydrogen-bond acceptors (Lipinski definition) is 5. The van der Waals surface area contributed by atoms with Gasteiger partial charge in [-0.1, -0.05) is 41.0 Å². The highest BCUT2D eigenvalue weighted by atomic mass is 35.5. The van der Waals surface area contributed by atoms with Crippen LogP contribution < -0.4 is 0 Å². The van der Waals surface area contributed by atoms with Gasteiger partial charge in [-0.15, -0.1) is 0 Å². The second-order valence-electron chi connectivity index (χ2n) is 8.88. The van der Waals surface area contributed by atoms with Crippen LogP contribution >= 0.6 is 11.6 Å². The summed E-state index contributed by atoms with van der Waals surface area (Å²) in [4.78, 5) is 15.1. The number of benzene rings is 2. The zero-order chi connectivity index (χ0) is 23.0. The van der Waals surface area contributed by atoms with Crippen LogP contribution in [0.5, 0.6) is 0 Å².